The molecule has 0 spiro atoms. The van der Waals surface area contributed by atoms with E-state index in [4.69, 9.17) is 4.74 Å². The molecule has 0 radical (unpaired) electrons. The molecule has 2 rings (SSSR count). The standard InChI is InChI=1S/C18H31N5O3/c1-3-5-17(24)21-15-8-6-14(7-9-15)18(25)19-12-16-22-20-13-23(16)10-4-11-26-2/h13-15H,3-12H2,1-2H3,(H,19,25)(H,21,24). The molecule has 0 atom stereocenters. The Bertz CT molecular complexity index is 567. The smallest absolute Gasteiger partial charge is 0.223 e. The Morgan fingerprint density at radius 1 is 1.31 bits per heavy atom. The number of rotatable bonds is 10. The Labute approximate surface area is 155 Å². The van der Waals surface area contributed by atoms with Crippen molar-refractivity contribution in [1.82, 2.24) is 25.4 Å². The Hall–Kier alpha value is -1.96. The molecule has 0 bridgehead atoms. The average molecular weight is 365 g/mol. The van der Waals surface area contributed by atoms with Crippen LogP contribution in [0.2, 0.25) is 0 Å². The van der Waals surface area contributed by atoms with Crippen molar-refractivity contribution in [2.24, 2.45) is 5.92 Å². The SMILES string of the molecule is CCCC(=O)NC1CCC(C(=O)NCc2nncn2CCCOC)CC1. The quantitative estimate of drug-likeness (QED) is 0.611. The molecule has 2 N–H and O–H groups in total. The number of carbonyl (C=O) groups excluding carboxylic acids is 2. The summed E-state index contributed by atoms with van der Waals surface area (Å²) in [5.41, 5.74) is 0. The summed E-state index contributed by atoms with van der Waals surface area (Å²) in [5, 5.41) is 14.1. The predicted molar refractivity (Wildman–Crippen MR) is 97.2 cm³/mol. The van der Waals surface area contributed by atoms with Crippen molar-refractivity contribution in [3.63, 3.8) is 0 Å². The van der Waals surface area contributed by atoms with Crippen LogP contribution in [0.25, 0.3) is 0 Å². The molecule has 1 aromatic rings. The average Bonchev–Trinajstić information content (AvgIpc) is 3.08. The molecule has 0 unspecified atom stereocenters. The largest absolute Gasteiger partial charge is 0.385 e. The van der Waals surface area contributed by atoms with Crippen LogP contribution in [0.4, 0.5) is 0 Å². The van der Waals surface area contributed by atoms with Gasteiger partial charge in [-0.15, -0.1) is 10.2 Å². The second kappa shape index (κ2) is 10.9. The van der Waals surface area contributed by atoms with Crippen LogP contribution >= 0.6 is 0 Å². The number of aryl methyl sites for hydroxylation is 1. The fourth-order valence-corrected chi connectivity index (χ4v) is 3.32. The van der Waals surface area contributed by atoms with Gasteiger partial charge in [0.05, 0.1) is 6.54 Å². The van der Waals surface area contributed by atoms with E-state index >= 15 is 0 Å². The molecule has 1 fully saturated rings. The Morgan fingerprint density at radius 2 is 2.08 bits per heavy atom. The van der Waals surface area contributed by atoms with Crippen LogP contribution in [0.3, 0.4) is 0 Å². The lowest BCUT2D eigenvalue weighted by Gasteiger charge is -2.28. The van der Waals surface area contributed by atoms with Crippen molar-refractivity contribution >= 4 is 11.8 Å². The van der Waals surface area contributed by atoms with Gasteiger partial charge in [0, 0.05) is 38.6 Å². The van der Waals surface area contributed by atoms with Gasteiger partial charge >= 0.3 is 0 Å². The van der Waals surface area contributed by atoms with Gasteiger partial charge in [0.2, 0.25) is 11.8 Å². The molecule has 26 heavy (non-hydrogen) atoms. The Morgan fingerprint density at radius 3 is 2.77 bits per heavy atom. The van der Waals surface area contributed by atoms with Gasteiger partial charge in [-0.3, -0.25) is 9.59 Å². The van der Waals surface area contributed by atoms with E-state index in [2.05, 4.69) is 20.8 Å². The first kappa shape index (κ1) is 20.4. The zero-order chi connectivity index (χ0) is 18.8. The van der Waals surface area contributed by atoms with E-state index in [1.54, 1.807) is 13.4 Å². The number of methoxy groups -OCH3 is 1. The lowest BCUT2D eigenvalue weighted by molar-refractivity contribution is -0.126. The fraction of sp³-hybridized carbons (Fsp3) is 0.778. The predicted octanol–water partition coefficient (Wildman–Crippen LogP) is 1.41. The van der Waals surface area contributed by atoms with Gasteiger partial charge in [-0.1, -0.05) is 6.92 Å². The highest BCUT2D eigenvalue weighted by Gasteiger charge is 2.27. The highest BCUT2D eigenvalue weighted by atomic mass is 16.5. The van der Waals surface area contributed by atoms with E-state index in [0.717, 1.165) is 50.9 Å². The molecule has 0 aliphatic heterocycles. The maximum Gasteiger partial charge on any atom is 0.223 e. The number of hydrogen-bond donors (Lipinski definition) is 2. The van der Waals surface area contributed by atoms with E-state index < -0.39 is 0 Å². The highest BCUT2D eigenvalue weighted by molar-refractivity contribution is 5.79. The molecule has 2 amide bonds. The first-order valence-electron chi connectivity index (χ1n) is 9.56. The van der Waals surface area contributed by atoms with E-state index in [9.17, 15) is 9.59 Å². The Kier molecular flexibility index (Phi) is 8.53. The van der Waals surface area contributed by atoms with Gasteiger partial charge < -0.3 is 19.9 Å². The number of nitrogens with zero attached hydrogens (tertiary/aromatic N) is 3. The molecule has 146 valence electrons. The molecular formula is C18H31N5O3. The van der Waals surface area contributed by atoms with E-state index in [1.165, 1.54) is 0 Å². The van der Waals surface area contributed by atoms with Gasteiger partial charge in [-0.25, -0.2) is 0 Å². The molecule has 1 saturated carbocycles. The molecule has 1 aromatic heterocycles. The van der Waals surface area contributed by atoms with Crippen LogP contribution in [0.5, 0.6) is 0 Å². The van der Waals surface area contributed by atoms with Crippen LogP contribution in [0.15, 0.2) is 6.33 Å². The molecular weight excluding hydrogens is 334 g/mol. The zero-order valence-corrected chi connectivity index (χ0v) is 15.9. The van der Waals surface area contributed by atoms with Gasteiger partial charge in [-0.05, 0) is 38.5 Å². The summed E-state index contributed by atoms with van der Waals surface area (Å²) in [6.45, 7) is 3.84. The van der Waals surface area contributed by atoms with E-state index in [0.29, 0.717) is 19.6 Å². The minimum atomic E-state index is 0.0131. The third kappa shape index (κ3) is 6.40. The fourth-order valence-electron chi connectivity index (χ4n) is 3.32. The zero-order valence-electron chi connectivity index (χ0n) is 15.9. The highest BCUT2D eigenvalue weighted by Crippen LogP contribution is 2.24. The molecule has 1 heterocycles. The lowest BCUT2D eigenvalue weighted by atomic mass is 9.85. The van der Waals surface area contributed by atoms with Crippen molar-refractivity contribution in [1.29, 1.82) is 0 Å². The van der Waals surface area contributed by atoms with E-state index in [-0.39, 0.29) is 23.8 Å². The van der Waals surface area contributed by atoms with Gasteiger partial charge in [0.15, 0.2) is 5.82 Å². The summed E-state index contributed by atoms with van der Waals surface area (Å²) in [5.74, 6) is 0.956. The topological polar surface area (TPSA) is 98.1 Å². The summed E-state index contributed by atoms with van der Waals surface area (Å²) in [6, 6.07) is 0.210. The number of amides is 2. The molecule has 0 saturated heterocycles. The summed E-state index contributed by atoms with van der Waals surface area (Å²) >= 11 is 0. The van der Waals surface area contributed by atoms with Crippen molar-refractivity contribution in [3.05, 3.63) is 12.2 Å². The molecule has 1 aliphatic rings. The lowest BCUT2D eigenvalue weighted by Crippen LogP contribution is -2.40. The third-order valence-electron chi connectivity index (χ3n) is 4.80. The third-order valence-corrected chi connectivity index (χ3v) is 4.80. The second-order valence-electron chi connectivity index (χ2n) is 6.87. The second-order valence-corrected chi connectivity index (χ2v) is 6.87. The van der Waals surface area contributed by atoms with Crippen molar-refractivity contribution in [3.8, 4) is 0 Å². The van der Waals surface area contributed by atoms with Crippen molar-refractivity contribution < 1.29 is 14.3 Å². The summed E-state index contributed by atoms with van der Waals surface area (Å²) in [6.07, 6.45) is 7.34. The minimum Gasteiger partial charge on any atom is -0.385 e. The number of aromatic nitrogens is 3. The van der Waals surface area contributed by atoms with Crippen LogP contribution in [0.1, 0.15) is 57.7 Å². The maximum atomic E-state index is 12.4. The van der Waals surface area contributed by atoms with Crippen LogP contribution in [-0.2, 0) is 27.4 Å². The Balaban J connectivity index is 1.71. The molecule has 0 aromatic carbocycles. The number of nitrogens with one attached hydrogen (secondary N) is 2. The molecule has 8 heteroatoms. The number of ether oxygens (including phenoxy) is 1. The van der Waals surface area contributed by atoms with Crippen molar-refractivity contribution in [2.45, 2.75) is 71.0 Å². The first-order valence-corrected chi connectivity index (χ1v) is 9.56. The van der Waals surface area contributed by atoms with Crippen LogP contribution in [0, 0.1) is 5.92 Å². The van der Waals surface area contributed by atoms with Crippen LogP contribution in [-0.4, -0.2) is 46.3 Å². The number of carbonyl (C=O) groups is 2. The van der Waals surface area contributed by atoms with Crippen molar-refractivity contribution in [2.75, 3.05) is 13.7 Å². The summed E-state index contributed by atoms with van der Waals surface area (Å²) in [4.78, 5) is 24.1. The monoisotopic (exact) mass is 365 g/mol. The van der Waals surface area contributed by atoms with Crippen LogP contribution < -0.4 is 10.6 Å². The van der Waals surface area contributed by atoms with E-state index in [1.807, 2.05) is 11.5 Å². The normalized spacial score (nSPS) is 19.9. The minimum absolute atomic E-state index is 0.0131. The van der Waals surface area contributed by atoms with Gasteiger partial charge in [-0.2, -0.15) is 0 Å². The number of hydrogen-bond acceptors (Lipinski definition) is 5. The summed E-state index contributed by atoms with van der Waals surface area (Å²) < 4.78 is 7.00. The van der Waals surface area contributed by atoms with Gasteiger partial charge in [0.25, 0.3) is 0 Å². The first-order chi connectivity index (χ1) is 12.6. The maximum absolute atomic E-state index is 12.4. The summed E-state index contributed by atoms with van der Waals surface area (Å²) in [7, 11) is 1.68. The molecule has 1 aliphatic carbocycles. The van der Waals surface area contributed by atoms with Gasteiger partial charge in [0.1, 0.15) is 6.33 Å². The molecule has 8 nitrogen and oxygen atoms in total.